The Kier molecular flexibility index (Phi) is 6.75. The second-order valence-electron chi connectivity index (χ2n) is 9.56. The summed E-state index contributed by atoms with van der Waals surface area (Å²) < 4.78 is 10.9. The number of fused-ring (bicyclic) bond motifs is 6. The normalized spacial score (nSPS) is 20.7. The molecule has 10 nitrogen and oxygen atoms in total. The van der Waals surface area contributed by atoms with Crippen LogP contribution in [-0.4, -0.2) is 48.7 Å². The highest BCUT2D eigenvalue weighted by molar-refractivity contribution is 6.45. The average molecular weight is 593 g/mol. The number of carbonyl (C=O) groups is 2. The summed E-state index contributed by atoms with van der Waals surface area (Å²) in [5.41, 5.74) is 1.48. The Morgan fingerprint density at radius 3 is 1.90 bits per heavy atom. The number of hydrazone groups is 2. The summed E-state index contributed by atoms with van der Waals surface area (Å²) >= 11 is 12.5. The van der Waals surface area contributed by atoms with E-state index in [1.165, 1.54) is 0 Å². The van der Waals surface area contributed by atoms with Crippen LogP contribution in [0.1, 0.15) is 20.8 Å². The summed E-state index contributed by atoms with van der Waals surface area (Å²) in [5, 5.41) is 14.3. The fourth-order valence-corrected chi connectivity index (χ4v) is 5.75. The topological polar surface area (TPSA) is 90.3 Å². The number of nitrogens with zero attached hydrogens (tertiary/aromatic N) is 6. The molecular weight excluding hydrogens is 567 g/mol. The molecule has 0 aliphatic carbocycles. The van der Waals surface area contributed by atoms with E-state index in [4.69, 9.17) is 42.9 Å². The molecule has 3 aliphatic rings. The molecule has 6 rings (SSSR count). The number of ether oxygens (including phenoxy) is 2. The van der Waals surface area contributed by atoms with E-state index in [0.29, 0.717) is 32.8 Å². The molecule has 0 aromatic heterocycles. The number of para-hydroxylation sites is 2. The summed E-state index contributed by atoms with van der Waals surface area (Å²) in [6.45, 7) is 5.78. The van der Waals surface area contributed by atoms with Crippen LogP contribution in [0.25, 0.3) is 0 Å². The molecule has 0 unspecified atom stereocenters. The maximum Gasteiger partial charge on any atom is 0.376 e. The van der Waals surface area contributed by atoms with Crippen LogP contribution in [0, 0.1) is 0 Å². The van der Waals surface area contributed by atoms with Gasteiger partial charge in [-0.2, -0.15) is 0 Å². The maximum atomic E-state index is 13.4. The molecule has 3 aromatic rings. The van der Waals surface area contributed by atoms with Gasteiger partial charge < -0.3 is 9.47 Å². The number of hydrogen-bond acceptors (Lipinski definition) is 10. The van der Waals surface area contributed by atoms with Gasteiger partial charge in [0, 0.05) is 10.0 Å². The largest absolute Gasteiger partial charge is 0.460 e. The van der Waals surface area contributed by atoms with E-state index in [1.807, 2.05) is 65.3 Å². The summed E-state index contributed by atoms with van der Waals surface area (Å²) in [7, 11) is 0. The molecule has 210 valence electrons. The Morgan fingerprint density at radius 1 is 0.780 bits per heavy atom. The molecule has 0 radical (unpaired) electrons. The van der Waals surface area contributed by atoms with Gasteiger partial charge in [0.1, 0.15) is 0 Å². The van der Waals surface area contributed by atoms with Crippen molar-refractivity contribution in [3.8, 4) is 0 Å². The number of amidine groups is 2. The number of esters is 2. The van der Waals surface area contributed by atoms with Crippen molar-refractivity contribution in [2.45, 2.75) is 32.6 Å². The predicted molar refractivity (Wildman–Crippen MR) is 160 cm³/mol. The lowest BCUT2D eigenvalue weighted by Gasteiger charge is -2.53. The van der Waals surface area contributed by atoms with Crippen LogP contribution in [0.2, 0.25) is 10.0 Å². The first-order valence-electron chi connectivity index (χ1n) is 13.1. The Labute approximate surface area is 246 Å². The molecule has 0 N–H and O–H groups in total. The van der Waals surface area contributed by atoms with Gasteiger partial charge in [-0.3, -0.25) is 9.80 Å². The first-order chi connectivity index (χ1) is 19.8. The molecule has 3 aliphatic heterocycles. The minimum Gasteiger partial charge on any atom is -0.460 e. The molecule has 0 bridgehead atoms. The van der Waals surface area contributed by atoms with Crippen LogP contribution in [0.4, 0.5) is 22.7 Å². The molecule has 0 saturated carbocycles. The highest BCUT2D eigenvalue weighted by Crippen LogP contribution is 2.52. The van der Waals surface area contributed by atoms with Gasteiger partial charge in [0.25, 0.3) is 0 Å². The van der Waals surface area contributed by atoms with Crippen LogP contribution in [0.3, 0.4) is 0 Å². The van der Waals surface area contributed by atoms with Crippen LogP contribution >= 0.6 is 23.2 Å². The van der Waals surface area contributed by atoms with E-state index in [2.05, 4.69) is 0 Å². The Balaban J connectivity index is 1.63. The van der Waals surface area contributed by atoms with E-state index >= 15 is 0 Å². The average Bonchev–Trinajstić information content (AvgIpc) is 3.52. The third kappa shape index (κ3) is 4.17. The highest BCUT2D eigenvalue weighted by Gasteiger charge is 2.64. The van der Waals surface area contributed by atoms with Gasteiger partial charge in [-0.15, -0.1) is 10.2 Å². The van der Waals surface area contributed by atoms with Gasteiger partial charge in [-0.1, -0.05) is 35.3 Å². The minimum atomic E-state index is -1.15. The summed E-state index contributed by atoms with van der Waals surface area (Å²) in [6, 6.07) is 21.8. The second-order valence-corrected chi connectivity index (χ2v) is 10.4. The second kappa shape index (κ2) is 10.3. The first-order valence-corrected chi connectivity index (χ1v) is 13.9. The predicted octanol–water partition coefficient (Wildman–Crippen LogP) is 5.46. The number of rotatable bonds is 6. The van der Waals surface area contributed by atoms with Crippen molar-refractivity contribution < 1.29 is 19.1 Å². The molecule has 0 saturated heterocycles. The Bertz CT molecular complexity index is 1580. The van der Waals surface area contributed by atoms with Crippen LogP contribution in [0.15, 0.2) is 83.0 Å². The smallest absolute Gasteiger partial charge is 0.376 e. The monoisotopic (exact) mass is 592 g/mol. The first kappa shape index (κ1) is 26.9. The van der Waals surface area contributed by atoms with Gasteiger partial charge in [0.15, 0.2) is 11.8 Å². The Morgan fingerprint density at radius 2 is 1.32 bits per heavy atom. The number of halogens is 2. The SMILES string of the molecule is CCOC(=O)C1=NN(c2ccc(Cl)cc2)[C@@H]2N1c1ccccc1N1C(C(=O)OCC)=NN(c3ccc(Cl)cc3)[C@@]21C. The zero-order valence-corrected chi connectivity index (χ0v) is 24.0. The van der Waals surface area contributed by atoms with Crippen molar-refractivity contribution >= 4 is 69.6 Å². The summed E-state index contributed by atoms with van der Waals surface area (Å²) in [6.07, 6.45) is -0.718. The highest BCUT2D eigenvalue weighted by atomic mass is 35.5. The zero-order valence-electron chi connectivity index (χ0n) is 22.5. The summed E-state index contributed by atoms with van der Waals surface area (Å²) in [5.74, 6) is -0.970. The van der Waals surface area contributed by atoms with Crippen molar-refractivity contribution in [3.63, 3.8) is 0 Å². The van der Waals surface area contributed by atoms with Crippen molar-refractivity contribution in [1.82, 2.24) is 0 Å². The molecule has 2 atom stereocenters. The van der Waals surface area contributed by atoms with E-state index < -0.39 is 23.8 Å². The standard InChI is InChI=1S/C29H26Cl2N6O4/c1-4-40-26(38)24-32-36(20-14-10-18(30)11-15-20)28-29(3)35(23-9-7-6-8-22(23)34(24)28)25(27(39)41-5-2)33-37(29)21-16-12-19(31)13-17-21/h6-17,28H,4-5H2,1-3H3/t28-,29-/m0/s1. The fraction of sp³-hybridized carbons (Fsp3) is 0.241. The lowest BCUT2D eigenvalue weighted by molar-refractivity contribution is -0.136. The Hall–Kier alpha value is -4.28. The van der Waals surface area contributed by atoms with E-state index in [-0.39, 0.29) is 24.9 Å². The van der Waals surface area contributed by atoms with Gasteiger partial charge in [-0.25, -0.2) is 19.6 Å². The molecule has 41 heavy (non-hydrogen) atoms. The molecular formula is C29H26Cl2N6O4. The van der Waals surface area contributed by atoms with Crippen molar-refractivity contribution in [1.29, 1.82) is 0 Å². The van der Waals surface area contributed by atoms with Crippen molar-refractivity contribution in [2.24, 2.45) is 10.2 Å². The maximum absolute atomic E-state index is 13.4. The lowest BCUT2D eigenvalue weighted by Crippen LogP contribution is -2.73. The fourth-order valence-electron chi connectivity index (χ4n) is 5.50. The van der Waals surface area contributed by atoms with Crippen LogP contribution in [-0.2, 0) is 19.1 Å². The number of anilines is 4. The van der Waals surface area contributed by atoms with Crippen LogP contribution < -0.4 is 19.8 Å². The molecule has 3 aromatic carbocycles. The van der Waals surface area contributed by atoms with Gasteiger partial charge in [0.2, 0.25) is 11.7 Å². The van der Waals surface area contributed by atoms with Crippen LogP contribution in [0.5, 0.6) is 0 Å². The van der Waals surface area contributed by atoms with Crippen molar-refractivity contribution in [2.75, 3.05) is 33.0 Å². The van der Waals surface area contributed by atoms with Gasteiger partial charge >= 0.3 is 11.9 Å². The van der Waals surface area contributed by atoms with E-state index in [1.54, 1.807) is 48.1 Å². The van der Waals surface area contributed by atoms with E-state index in [9.17, 15) is 9.59 Å². The van der Waals surface area contributed by atoms with Gasteiger partial charge in [0.05, 0.1) is 36.0 Å². The number of hydrogen-bond donors (Lipinski definition) is 0. The quantitative estimate of drug-likeness (QED) is 0.349. The van der Waals surface area contributed by atoms with Crippen molar-refractivity contribution in [3.05, 3.63) is 82.8 Å². The number of benzene rings is 3. The number of carbonyl (C=O) groups excluding carboxylic acids is 2. The molecule has 0 fully saturated rings. The van der Waals surface area contributed by atoms with E-state index in [0.717, 1.165) is 0 Å². The molecule has 0 amide bonds. The third-order valence-electron chi connectivity index (χ3n) is 7.14. The molecule has 0 spiro atoms. The molecule has 3 heterocycles. The zero-order chi connectivity index (χ0) is 28.9. The van der Waals surface area contributed by atoms with Gasteiger partial charge in [-0.05, 0) is 81.4 Å². The summed E-state index contributed by atoms with van der Waals surface area (Å²) in [4.78, 5) is 30.5. The lowest BCUT2D eigenvalue weighted by atomic mass is 9.96. The minimum absolute atomic E-state index is 0.0945. The molecule has 12 heteroatoms. The third-order valence-corrected chi connectivity index (χ3v) is 7.65.